The van der Waals surface area contributed by atoms with Gasteiger partial charge in [0.1, 0.15) is 5.69 Å². The predicted molar refractivity (Wildman–Crippen MR) is 99.6 cm³/mol. The van der Waals surface area contributed by atoms with Crippen molar-refractivity contribution < 1.29 is 4.79 Å². The second-order valence-corrected chi connectivity index (χ2v) is 6.54. The largest absolute Gasteiger partial charge is 0.358 e. The minimum absolute atomic E-state index is 0.0447. The third kappa shape index (κ3) is 2.99. The van der Waals surface area contributed by atoms with E-state index in [0.717, 1.165) is 5.52 Å². The van der Waals surface area contributed by atoms with E-state index in [0.29, 0.717) is 30.7 Å². The predicted octanol–water partition coefficient (Wildman–Crippen LogP) is 1.60. The molecule has 6 heteroatoms. The van der Waals surface area contributed by atoms with Gasteiger partial charge in [-0.1, -0.05) is 36.4 Å². The van der Waals surface area contributed by atoms with Gasteiger partial charge in [0, 0.05) is 20.1 Å². The lowest BCUT2D eigenvalue weighted by molar-refractivity contribution is -0.126. The molecule has 3 aromatic rings. The van der Waals surface area contributed by atoms with E-state index in [1.807, 2.05) is 41.3 Å². The van der Waals surface area contributed by atoms with Crippen LogP contribution < -0.4 is 10.9 Å². The van der Waals surface area contributed by atoms with Gasteiger partial charge in [-0.3, -0.25) is 14.5 Å². The van der Waals surface area contributed by atoms with Gasteiger partial charge < -0.3 is 10.3 Å². The van der Waals surface area contributed by atoms with E-state index in [9.17, 15) is 9.59 Å². The van der Waals surface area contributed by atoms with Crippen LogP contribution in [0, 0.1) is 0 Å². The van der Waals surface area contributed by atoms with E-state index in [2.05, 4.69) is 27.4 Å². The van der Waals surface area contributed by atoms with Gasteiger partial charge in [0.2, 0.25) is 5.91 Å². The Bertz CT molecular complexity index is 1030. The maximum atomic E-state index is 12.5. The number of benzene rings is 2. The Balaban J connectivity index is 1.70. The fraction of sp³-hybridized carbons (Fsp3) is 0.250. The number of nitrogens with zero attached hydrogens (tertiary/aromatic N) is 2. The van der Waals surface area contributed by atoms with Crippen LogP contribution >= 0.6 is 0 Å². The van der Waals surface area contributed by atoms with E-state index in [1.54, 1.807) is 7.05 Å². The highest BCUT2D eigenvalue weighted by molar-refractivity contribution is 5.82. The fourth-order valence-electron chi connectivity index (χ4n) is 3.54. The van der Waals surface area contributed by atoms with E-state index >= 15 is 0 Å². The molecule has 0 aliphatic carbocycles. The second-order valence-electron chi connectivity index (χ2n) is 6.54. The summed E-state index contributed by atoms with van der Waals surface area (Å²) in [6.07, 6.45) is 0.626. The molecule has 1 atom stereocenters. The van der Waals surface area contributed by atoms with Crippen molar-refractivity contribution in [1.82, 2.24) is 20.2 Å². The number of hydrogen-bond donors (Lipinski definition) is 2. The number of rotatable bonds is 3. The van der Waals surface area contributed by atoms with Crippen LogP contribution in [-0.2, 0) is 24.3 Å². The lowest BCUT2D eigenvalue weighted by Gasteiger charge is -2.35. The molecular formula is C20H20N4O2. The van der Waals surface area contributed by atoms with Crippen LogP contribution in [0.2, 0.25) is 0 Å². The van der Waals surface area contributed by atoms with Crippen LogP contribution in [0.4, 0.5) is 0 Å². The Kier molecular flexibility index (Phi) is 4.26. The van der Waals surface area contributed by atoms with Crippen LogP contribution in [0.15, 0.2) is 53.3 Å². The summed E-state index contributed by atoms with van der Waals surface area (Å²) < 4.78 is 0. The van der Waals surface area contributed by atoms with Crippen LogP contribution in [0.3, 0.4) is 0 Å². The van der Waals surface area contributed by atoms with Crippen molar-refractivity contribution in [1.29, 1.82) is 0 Å². The van der Waals surface area contributed by atoms with Crippen molar-refractivity contribution in [2.45, 2.75) is 25.6 Å². The molecule has 0 spiro atoms. The normalized spacial score (nSPS) is 17.0. The molecule has 1 aliphatic heterocycles. The van der Waals surface area contributed by atoms with E-state index in [-0.39, 0.29) is 17.5 Å². The zero-order chi connectivity index (χ0) is 18.1. The van der Waals surface area contributed by atoms with Gasteiger partial charge in [-0.15, -0.1) is 0 Å². The first-order valence-electron chi connectivity index (χ1n) is 8.66. The quantitative estimate of drug-likeness (QED) is 0.754. The Hall–Kier alpha value is -2.99. The molecule has 0 bridgehead atoms. The van der Waals surface area contributed by atoms with E-state index in [4.69, 9.17) is 0 Å². The Morgan fingerprint density at radius 2 is 1.92 bits per heavy atom. The molecule has 0 fully saturated rings. The van der Waals surface area contributed by atoms with Crippen molar-refractivity contribution in [2.24, 2.45) is 0 Å². The van der Waals surface area contributed by atoms with Gasteiger partial charge in [0.05, 0.1) is 17.1 Å². The molecule has 6 nitrogen and oxygen atoms in total. The van der Waals surface area contributed by atoms with Crippen molar-refractivity contribution in [3.8, 4) is 0 Å². The number of H-pyrrole nitrogens is 1. The maximum Gasteiger partial charge on any atom is 0.271 e. The van der Waals surface area contributed by atoms with Crippen molar-refractivity contribution in [2.75, 3.05) is 7.05 Å². The average Bonchev–Trinajstić information content (AvgIpc) is 2.67. The molecule has 1 amide bonds. The first kappa shape index (κ1) is 16.5. The summed E-state index contributed by atoms with van der Waals surface area (Å²) in [6.45, 7) is 0.939. The topological polar surface area (TPSA) is 78.1 Å². The molecule has 132 valence electrons. The second kappa shape index (κ2) is 6.72. The molecule has 26 heavy (non-hydrogen) atoms. The summed E-state index contributed by atoms with van der Waals surface area (Å²) >= 11 is 0. The Labute approximate surface area is 150 Å². The number of carbonyl (C=O) groups is 1. The molecule has 0 saturated heterocycles. The first-order chi connectivity index (χ1) is 12.7. The zero-order valence-electron chi connectivity index (χ0n) is 14.5. The Morgan fingerprint density at radius 3 is 2.73 bits per heavy atom. The number of nitrogens with one attached hydrogen (secondary N) is 2. The van der Waals surface area contributed by atoms with Gasteiger partial charge >= 0.3 is 0 Å². The highest BCUT2D eigenvalue weighted by atomic mass is 16.2. The number of aromatic amines is 1. The molecule has 0 saturated carbocycles. The number of likely N-dealkylation sites (N-methyl/N-ethyl adjacent to an activating group) is 1. The third-order valence-electron chi connectivity index (χ3n) is 4.92. The minimum atomic E-state index is -0.317. The lowest BCUT2D eigenvalue weighted by Crippen LogP contribution is -2.49. The molecule has 1 aromatic heterocycles. The van der Waals surface area contributed by atoms with E-state index < -0.39 is 0 Å². The highest BCUT2D eigenvalue weighted by Crippen LogP contribution is 2.24. The molecule has 2 N–H and O–H groups in total. The summed E-state index contributed by atoms with van der Waals surface area (Å²) in [5.41, 5.74) is 4.04. The van der Waals surface area contributed by atoms with Crippen LogP contribution in [0.5, 0.6) is 0 Å². The van der Waals surface area contributed by atoms with Crippen LogP contribution in [-0.4, -0.2) is 33.9 Å². The zero-order valence-corrected chi connectivity index (χ0v) is 14.5. The van der Waals surface area contributed by atoms with Gasteiger partial charge in [-0.25, -0.2) is 4.98 Å². The van der Waals surface area contributed by atoms with Crippen molar-refractivity contribution >= 4 is 16.9 Å². The van der Waals surface area contributed by atoms with Crippen LogP contribution in [0.1, 0.15) is 16.8 Å². The highest BCUT2D eigenvalue weighted by Gasteiger charge is 2.31. The number of para-hydroxylation sites is 2. The van der Waals surface area contributed by atoms with Gasteiger partial charge in [-0.2, -0.15) is 0 Å². The summed E-state index contributed by atoms with van der Waals surface area (Å²) in [5.74, 6) is -0.0447. The van der Waals surface area contributed by atoms with E-state index in [1.165, 1.54) is 11.1 Å². The molecule has 4 rings (SSSR count). The number of amides is 1. The van der Waals surface area contributed by atoms with Gasteiger partial charge in [0.25, 0.3) is 5.56 Å². The average molecular weight is 348 g/mol. The number of carbonyl (C=O) groups excluding carboxylic acids is 1. The molecule has 2 heterocycles. The first-order valence-corrected chi connectivity index (χ1v) is 8.66. The monoisotopic (exact) mass is 348 g/mol. The molecular weight excluding hydrogens is 328 g/mol. The van der Waals surface area contributed by atoms with Crippen molar-refractivity contribution in [3.05, 3.63) is 75.7 Å². The third-order valence-corrected chi connectivity index (χ3v) is 4.92. The standard InChI is InChI=1S/C20H20N4O2/c1-21-20(26)18-10-13-6-2-3-7-14(13)11-24(18)12-17-19(25)23-16-9-5-4-8-15(16)22-17/h2-9,18H,10-12H2,1H3,(H,21,26)(H,23,25)/t18-/m1/s1. The molecule has 0 unspecified atom stereocenters. The SMILES string of the molecule is CNC(=O)[C@H]1Cc2ccccc2CN1Cc1nc2ccccc2[nH]c1=O. The summed E-state index contributed by atoms with van der Waals surface area (Å²) in [4.78, 5) is 34.3. The lowest BCUT2D eigenvalue weighted by atomic mass is 9.93. The number of hydrogen-bond acceptors (Lipinski definition) is 4. The smallest absolute Gasteiger partial charge is 0.271 e. The van der Waals surface area contributed by atoms with Crippen molar-refractivity contribution in [3.63, 3.8) is 0 Å². The fourth-order valence-corrected chi connectivity index (χ4v) is 3.54. The Morgan fingerprint density at radius 1 is 1.19 bits per heavy atom. The molecule has 2 aromatic carbocycles. The summed E-state index contributed by atoms with van der Waals surface area (Å²) in [7, 11) is 1.64. The molecule has 1 aliphatic rings. The molecule has 0 radical (unpaired) electrons. The summed E-state index contributed by atoms with van der Waals surface area (Å²) in [6, 6.07) is 15.3. The number of fused-ring (bicyclic) bond motifs is 2. The minimum Gasteiger partial charge on any atom is -0.358 e. The van der Waals surface area contributed by atoms with Gasteiger partial charge in [-0.05, 0) is 29.7 Å². The number of aromatic nitrogens is 2. The van der Waals surface area contributed by atoms with Gasteiger partial charge in [0.15, 0.2) is 0 Å². The summed E-state index contributed by atoms with van der Waals surface area (Å²) in [5, 5.41) is 2.74. The maximum absolute atomic E-state index is 12.5. The van der Waals surface area contributed by atoms with Crippen LogP contribution in [0.25, 0.3) is 11.0 Å².